The summed E-state index contributed by atoms with van der Waals surface area (Å²) in [6.07, 6.45) is 2.29. The second-order valence-corrected chi connectivity index (χ2v) is 5.41. The fraction of sp³-hybridized carbons (Fsp3) is 0.846. The highest BCUT2D eigenvalue weighted by Crippen LogP contribution is 2.20. The van der Waals surface area contributed by atoms with Gasteiger partial charge in [0.15, 0.2) is 0 Å². The number of rotatable bonds is 3. The molecule has 2 aliphatic heterocycles. The molecule has 0 spiro atoms. The zero-order valence-corrected chi connectivity index (χ0v) is 11.3. The number of nitrogens with zero attached hydrogens (tertiary/aromatic N) is 1. The van der Waals surface area contributed by atoms with E-state index in [2.05, 4.69) is 5.32 Å². The zero-order chi connectivity index (χ0) is 13.8. The third-order valence-electron chi connectivity index (χ3n) is 4.18. The fourth-order valence-corrected chi connectivity index (χ4v) is 2.70. The molecule has 6 nitrogen and oxygen atoms in total. The number of hydrogen-bond donors (Lipinski definition) is 2. The third kappa shape index (κ3) is 3.59. The second kappa shape index (κ2) is 6.23. The highest BCUT2D eigenvalue weighted by Gasteiger charge is 2.28. The number of likely N-dealkylation sites (tertiary alicyclic amines) is 1. The summed E-state index contributed by atoms with van der Waals surface area (Å²) in [5.74, 6) is -0.662. The first-order valence-corrected chi connectivity index (χ1v) is 6.95. The Morgan fingerprint density at radius 3 is 2.53 bits per heavy atom. The van der Waals surface area contributed by atoms with E-state index in [9.17, 15) is 9.59 Å². The molecular formula is C13H22N2O4. The molecule has 2 aliphatic rings. The smallest absolute Gasteiger partial charge is 0.317 e. The average molecular weight is 270 g/mol. The minimum Gasteiger partial charge on any atom is -0.481 e. The van der Waals surface area contributed by atoms with Crippen LogP contribution in [0.3, 0.4) is 0 Å². The standard InChI is InChI=1S/C13H22N2O4/c1-9-11(4-7-19-9)8-14-13(18)15-5-2-10(3-6-15)12(16)17/h9-11H,2-8H2,1H3,(H,14,18)(H,16,17). The Kier molecular flexibility index (Phi) is 4.63. The van der Waals surface area contributed by atoms with Crippen molar-refractivity contribution in [1.82, 2.24) is 10.2 Å². The predicted molar refractivity (Wildman–Crippen MR) is 68.9 cm³/mol. The molecule has 0 saturated carbocycles. The van der Waals surface area contributed by atoms with Crippen LogP contribution in [0.15, 0.2) is 0 Å². The molecule has 2 rings (SSSR count). The van der Waals surface area contributed by atoms with Crippen LogP contribution in [0.4, 0.5) is 4.79 Å². The van der Waals surface area contributed by atoms with Crippen LogP contribution in [-0.2, 0) is 9.53 Å². The molecule has 0 radical (unpaired) electrons. The van der Waals surface area contributed by atoms with Crippen LogP contribution in [0, 0.1) is 11.8 Å². The number of carboxylic acids is 1. The Bertz CT molecular complexity index is 340. The van der Waals surface area contributed by atoms with E-state index in [1.165, 1.54) is 0 Å². The van der Waals surface area contributed by atoms with Gasteiger partial charge in [-0.25, -0.2) is 4.79 Å². The number of amides is 2. The van der Waals surface area contributed by atoms with Crippen LogP contribution in [0.2, 0.25) is 0 Å². The van der Waals surface area contributed by atoms with Crippen LogP contribution in [0.25, 0.3) is 0 Å². The fourth-order valence-electron chi connectivity index (χ4n) is 2.70. The monoisotopic (exact) mass is 270 g/mol. The average Bonchev–Trinajstić information content (AvgIpc) is 2.81. The van der Waals surface area contributed by atoms with Gasteiger partial charge in [-0.3, -0.25) is 4.79 Å². The van der Waals surface area contributed by atoms with E-state index in [0.29, 0.717) is 38.4 Å². The highest BCUT2D eigenvalue weighted by atomic mass is 16.5. The number of aliphatic carboxylic acids is 1. The maximum absolute atomic E-state index is 12.0. The lowest BCUT2D eigenvalue weighted by atomic mass is 9.97. The van der Waals surface area contributed by atoms with Gasteiger partial charge in [0.2, 0.25) is 0 Å². The van der Waals surface area contributed by atoms with E-state index in [0.717, 1.165) is 13.0 Å². The van der Waals surface area contributed by atoms with Crippen molar-refractivity contribution in [3.05, 3.63) is 0 Å². The van der Waals surface area contributed by atoms with Gasteiger partial charge in [-0.1, -0.05) is 0 Å². The van der Waals surface area contributed by atoms with Crippen molar-refractivity contribution in [3.8, 4) is 0 Å². The van der Waals surface area contributed by atoms with Gasteiger partial charge in [0, 0.05) is 32.2 Å². The maximum Gasteiger partial charge on any atom is 0.317 e. The van der Waals surface area contributed by atoms with Crippen LogP contribution >= 0.6 is 0 Å². The summed E-state index contributed by atoms with van der Waals surface area (Å²) in [5, 5.41) is 11.8. The third-order valence-corrected chi connectivity index (χ3v) is 4.18. The first-order chi connectivity index (χ1) is 9.08. The van der Waals surface area contributed by atoms with Crippen molar-refractivity contribution >= 4 is 12.0 Å². The Morgan fingerprint density at radius 1 is 1.32 bits per heavy atom. The van der Waals surface area contributed by atoms with E-state index in [4.69, 9.17) is 9.84 Å². The lowest BCUT2D eigenvalue weighted by Gasteiger charge is -2.30. The maximum atomic E-state index is 12.0. The summed E-state index contributed by atoms with van der Waals surface area (Å²) in [4.78, 5) is 24.5. The van der Waals surface area contributed by atoms with Gasteiger partial charge in [0.05, 0.1) is 12.0 Å². The van der Waals surface area contributed by atoms with Crippen LogP contribution in [0.1, 0.15) is 26.2 Å². The highest BCUT2D eigenvalue weighted by molar-refractivity contribution is 5.75. The van der Waals surface area contributed by atoms with Crippen molar-refractivity contribution in [3.63, 3.8) is 0 Å². The molecule has 108 valence electrons. The van der Waals surface area contributed by atoms with Gasteiger partial charge in [-0.2, -0.15) is 0 Å². The molecule has 0 bridgehead atoms. The second-order valence-electron chi connectivity index (χ2n) is 5.41. The van der Waals surface area contributed by atoms with Gasteiger partial charge in [-0.15, -0.1) is 0 Å². The van der Waals surface area contributed by atoms with E-state index in [-0.39, 0.29) is 18.1 Å². The van der Waals surface area contributed by atoms with E-state index >= 15 is 0 Å². The van der Waals surface area contributed by atoms with E-state index < -0.39 is 5.97 Å². The van der Waals surface area contributed by atoms with Crippen molar-refractivity contribution in [2.24, 2.45) is 11.8 Å². The molecule has 0 aromatic rings. The Balaban J connectivity index is 1.71. The lowest BCUT2D eigenvalue weighted by Crippen LogP contribution is -2.47. The molecule has 2 heterocycles. The summed E-state index contributed by atoms with van der Waals surface area (Å²) in [6.45, 7) is 4.49. The van der Waals surface area contributed by atoms with Crippen molar-refractivity contribution in [1.29, 1.82) is 0 Å². The molecule has 2 unspecified atom stereocenters. The first-order valence-electron chi connectivity index (χ1n) is 6.95. The summed E-state index contributed by atoms with van der Waals surface area (Å²) < 4.78 is 5.45. The SMILES string of the molecule is CC1OCCC1CNC(=O)N1CCC(C(=O)O)CC1. The van der Waals surface area contributed by atoms with Gasteiger partial charge in [0.25, 0.3) is 0 Å². The van der Waals surface area contributed by atoms with E-state index in [1.54, 1.807) is 4.90 Å². The molecule has 19 heavy (non-hydrogen) atoms. The summed E-state index contributed by atoms with van der Waals surface area (Å²) in [6, 6.07) is -0.0806. The molecular weight excluding hydrogens is 248 g/mol. The molecule has 2 amide bonds. The van der Waals surface area contributed by atoms with Crippen LogP contribution in [-0.4, -0.2) is 54.4 Å². The van der Waals surface area contributed by atoms with Crippen LogP contribution in [0.5, 0.6) is 0 Å². The zero-order valence-electron chi connectivity index (χ0n) is 11.3. The van der Waals surface area contributed by atoms with Crippen molar-refractivity contribution < 1.29 is 19.4 Å². The molecule has 0 aliphatic carbocycles. The van der Waals surface area contributed by atoms with Crippen molar-refractivity contribution in [2.45, 2.75) is 32.3 Å². The molecule has 2 N–H and O–H groups in total. The predicted octanol–water partition coefficient (Wildman–Crippen LogP) is 0.918. The molecule has 0 aromatic heterocycles. The van der Waals surface area contributed by atoms with Crippen LogP contribution < -0.4 is 5.32 Å². The number of nitrogens with one attached hydrogen (secondary N) is 1. The lowest BCUT2D eigenvalue weighted by molar-refractivity contribution is -0.143. The number of urea groups is 1. The Morgan fingerprint density at radius 2 is 2.00 bits per heavy atom. The van der Waals surface area contributed by atoms with E-state index in [1.807, 2.05) is 6.92 Å². The molecule has 2 atom stereocenters. The first kappa shape index (κ1) is 14.1. The molecule has 2 saturated heterocycles. The number of carbonyl (C=O) groups excluding carboxylic acids is 1. The number of piperidine rings is 1. The van der Waals surface area contributed by atoms with Gasteiger partial charge in [0.1, 0.15) is 0 Å². The minimum atomic E-state index is -0.753. The number of ether oxygens (including phenoxy) is 1. The van der Waals surface area contributed by atoms with Gasteiger partial charge < -0.3 is 20.1 Å². The Hall–Kier alpha value is -1.30. The van der Waals surface area contributed by atoms with Crippen molar-refractivity contribution in [2.75, 3.05) is 26.2 Å². The number of carboxylic acid groups (broad SMARTS) is 1. The van der Waals surface area contributed by atoms with Gasteiger partial charge in [-0.05, 0) is 26.2 Å². The normalized spacial score (nSPS) is 28.4. The quantitative estimate of drug-likeness (QED) is 0.799. The Labute approximate surface area is 113 Å². The van der Waals surface area contributed by atoms with Gasteiger partial charge >= 0.3 is 12.0 Å². The largest absolute Gasteiger partial charge is 0.481 e. The number of hydrogen-bond acceptors (Lipinski definition) is 3. The number of carbonyl (C=O) groups is 2. The minimum absolute atomic E-state index is 0.0806. The molecule has 2 fully saturated rings. The summed E-state index contributed by atoms with van der Waals surface area (Å²) in [5.41, 5.74) is 0. The topological polar surface area (TPSA) is 78.9 Å². The summed E-state index contributed by atoms with van der Waals surface area (Å²) in [7, 11) is 0. The summed E-state index contributed by atoms with van der Waals surface area (Å²) >= 11 is 0. The molecule has 0 aromatic carbocycles. The molecule has 6 heteroatoms.